The Balaban J connectivity index is 1.53. The van der Waals surface area contributed by atoms with Gasteiger partial charge in [-0.25, -0.2) is 4.68 Å². The van der Waals surface area contributed by atoms with Crippen LogP contribution in [0.25, 0.3) is 0 Å². The number of aromatic nitrogens is 4. The van der Waals surface area contributed by atoms with Gasteiger partial charge >= 0.3 is 0 Å². The van der Waals surface area contributed by atoms with E-state index in [1.807, 2.05) is 48.5 Å². The summed E-state index contributed by atoms with van der Waals surface area (Å²) in [6.07, 6.45) is 0. The second kappa shape index (κ2) is 7.11. The third kappa shape index (κ3) is 4.20. The zero-order chi connectivity index (χ0) is 16.1. The minimum absolute atomic E-state index is 0.489. The molecule has 1 heterocycles. The van der Waals surface area contributed by atoms with E-state index in [0.717, 1.165) is 16.9 Å². The number of nitrogens with zero attached hydrogens (tertiary/aromatic N) is 4. The molecule has 1 aromatic heterocycles. The van der Waals surface area contributed by atoms with E-state index in [-0.39, 0.29) is 0 Å². The minimum Gasteiger partial charge on any atom is -0.489 e. The molecular formula is C16H16ClN5O. The maximum absolute atomic E-state index is 5.96. The smallest absolute Gasteiger partial charge is 0.242 e. The van der Waals surface area contributed by atoms with Gasteiger partial charge in [0, 0.05) is 18.6 Å². The van der Waals surface area contributed by atoms with Gasteiger partial charge in [0.25, 0.3) is 0 Å². The highest BCUT2D eigenvalue weighted by atomic mass is 35.5. The molecule has 0 aliphatic rings. The molecule has 0 atom stereocenters. The lowest BCUT2D eigenvalue weighted by Crippen LogP contribution is -2.05. The summed E-state index contributed by atoms with van der Waals surface area (Å²) in [5.41, 5.74) is 2.15. The van der Waals surface area contributed by atoms with Gasteiger partial charge in [-0.2, -0.15) is 0 Å². The van der Waals surface area contributed by atoms with Crippen LogP contribution in [-0.4, -0.2) is 20.2 Å². The van der Waals surface area contributed by atoms with E-state index in [2.05, 4.69) is 20.8 Å². The number of benzene rings is 2. The van der Waals surface area contributed by atoms with Crippen LogP contribution in [0, 0.1) is 0 Å². The Hall–Kier alpha value is -2.60. The SMILES string of the molecule is Cn1nnnc1NCc1ccc(OCc2cccc(Cl)c2)cc1. The second-order valence-electron chi connectivity index (χ2n) is 5.04. The van der Waals surface area contributed by atoms with Gasteiger partial charge in [0.05, 0.1) is 0 Å². The zero-order valence-corrected chi connectivity index (χ0v) is 13.4. The summed E-state index contributed by atoms with van der Waals surface area (Å²) in [6, 6.07) is 15.5. The molecule has 0 spiro atoms. The standard InChI is InChI=1S/C16H16ClN5O/c1-22-16(19-20-21-22)18-10-12-5-7-15(8-6-12)23-11-13-3-2-4-14(17)9-13/h2-9H,10-11H2,1H3,(H,18,19,21). The highest BCUT2D eigenvalue weighted by molar-refractivity contribution is 6.30. The lowest BCUT2D eigenvalue weighted by molar-refractivity contribution is 0.306. The van der Waals surface area contributed by atoms with Crippen molar-refractivity contribution in [1.82, 2.24) is 20.2 Å². The molecule has 6 nitrogen and oxygen atoms in total. The Morgan fingerprint density at radius 3 is 2.65 bits per heavy atom. The molecule has 0 radical (unpaired) electrons. The number of rotatable bonds is 6. The van der Waals surface area contributed by atoms with Gasteiger partial charge in [0.15, 0.2) is 0 Å². The third-order valence-electron chi connectivity index (χ3n) is 3.29. The summed E-state index contributed by atoms with van der Waals surface area (Å²) >= 11 is 5.96. The Morgan fingerprint density at radius 2 is 1.96 bits per heavy atom. The van der Waals surface area contributed by atoms with Crippen molar-refractivity contribution in [2.75, 3.05) is 5.32 Å². The number of tetrazole rings is 1. The predicted octanol–water partition coefficient (Wildman–Crippen LogP) is 3.05. The van der Waals surface area contributed by atoms with Gasteiger partial charge in [-0.05, 0) is 45.8 Å². The van der Waals surface area contributed by atoms with Gasteiger partial charge in [0.1, 0.15) is 12.4 Å². The highest BCUT2D eigenvalue weighted by Gasteiger charge is 2.02. The minimum atomic E-state index is 0.489. The number of aryl methyl sites for hydroxylation is 1. The molecule has 1 N–H and O–H groups in total. The Morgan fingerprint density at radius 1 is 1.13 bits per heavy atom. The lowest BCUT2D eigenvalue weighted by atomic mass is 10.2. The molecule has 118 valence electrons. The zero-order valence-electron chi connectivity index (χ0n) is 12.6. The monoisotopic (exact) mass is 329 g/mol. The predicted molar refractivity (Wildman–Crippen MR) is 88.4 cm³/mol. The van der Waals surface area contributed by atoms with Crippen LogP contribution in [0.5, 0.6) is 5.75 Å². The molecule has 0 aliphatic heterocycles. The summed E-state index contributed by atoms with van der Waals surface area (Å²) in [7, 11) is 1.79. The summed E-state index contributed by atoms with van der Waals surface area (Å²) in [4.78, 5) is 0. The molecule has 7 heteroatoms. The Bertz CT molecular complexity index is 772. The van der Waals surface area contributed by atoms with Crippen molar-refractivity contribution in [2.45, 2.75) is 13.2 Å². The normalized spacial score (nSPS) is 10.5. The summed E-state index contributed by atoms with van der Waals surface area (Å²) in [6.45, 7) is 1.13. The molecule has 0 saturated carbocycles. The third-order valence-corrected chi connectivity index (χ3v) is 3.52. The van der Waals surface area contributed by atoms with Gasteiger partial charge < -0.3 is 10.1 Å². The van der Waals surface area contributed by atoms with E-state index in [0.29, 0.717) is 24.1 Å². The molecule has 23 heavy (non-hydrogen) atoms. The van der Waals surface area contributed by atoms with Crippen LogP contribution in [0.4, 0.5) is 5.95 Å². The van der Waals surface area contributed by atoms with Crippen LogP contribution in [0.2, 0.25) is 5.02 Å². The average Bonchev–Trinajstić information content (AvgIpc) is 2.97. The van der Waals surface area contributed by atoms with Crippen LogP contribution in [0.15, 0.2) is 48.5 Å². The van der Waals surface area contributed by atoms with Crippen molar-refractivity contribution in [3.63, 3.8) is 0 Å². The summed E-state index contributed by atoms with van der Waals surface area (Å²) < 4.78 is 7.34. The van der Waals surface area contributed by atoms with E-state index in [9.17, 15) is 0 Å². The van der Waals surface area contributed by atoms with Crippen LogP contribution in [-0.2, 0) is 20.2 Å². The van der Waals surface area contributed by atoms with Crippen LogP contribution < -0.4 is 10.1 Å². The molecule has 3 aromatic rings. The number of hydrogen-bond acceptors (Lipinski definition) is 5. The van der Waals surface area contributed by atoms with Crippen molar-refractivity contribution in [2.24, 2.45) is 7.05 Å². The molecule has 0 amide bonds. The topological polar surface area (TPSA) is 64.9 Å². The van der Waals surface area contributed by atoms with Crippen molar-refractivity contribution in [3.8, 4) is 5.75 Å². The van der Waals surface area contributed by atoms with Crippen LogP contribution in [0.3, 0.4) is 0 Å². The highest BCUT2D eigenvalue weighted by Crippen LogP contribution is 2.16. The lowest BCUT2D eigenvalue weighted by Gasteiger charge is -2.08. The summed E-state index contributed by atoms with van der Waals surface area (Å²) in [5, 5.41) is 15.1. The molecule has 0 saturated heterocycles. The molecule has 2 aromatic carbocycles. The largest absolute Gasteiger partial charge is 0.489 e. The Labute approximate surface area is 139 Å². The van der Waals surface area contributed by atoms with Crippen LogP contribution >= 0.6 is 11.6 Å². The number of anilines is 1. The second-order valence-corrected chi connectivity index (χ2v) is 5.48. The van der Waals surface area contributed by atoms with Gasteiger partial charge in [-0.3, -0.25) is 0 Å². The quantitative estimate of drug-likeness (QED) is 0.753. The van der Waals surface area contributed by atoms with Crippen LogP contribution in [0.1, 0.15) is 11.1 Å². The van der Waals surface area contributed by atoms with Crippen molar-refractivity contribution in [3.05, 3.63) is 64.7 Å². The van der Waals surface area contributed by atoms with E-state index in [1.54, 1.807) is 11.7 Å². The van der Waals surface area contributed by atoms with Gasteiger partial charge in [-0.1, -0.05) is 41.0 Å². The fraction of sp³-hybridized carbons (Fsp3) is 0.188. The fourth-order valence-electron chi connectivity index (χ4n) is 2.06. The van der Waals surface area contributed by atoms with E-state index in [1.165, 1.54) is 0 Å². The van der Waals surface area contributed by atoms with Gasteiger partial charge in [0.2, 0.25) is 5.95 Å². The first-order valence-electron chi connectivity index (χ1n) is 7.13. The maximum Gasteiger partial charge on any atom is 0.242 e. The maximum atomic E-state index is 5.96. The summed E-state index contributed by atoms with van der Waals surface area (Å²) in [5.74, 6) is 1.44. The molecule has 0 fully saturated rings. The molecule has 0 bridgehead atoms. The Kier molecular flexibility index (Phi) is 4.73. The van der Waals surface area contributed by atoms with E-state index >= 15 is 0 Å². The average molecular weight is 330 g/mol. The fourth-order valence-corrected chi connectivity index (χ4v) is 2.27. The van der Waals surface area contributed by atoms with Crippen molar-refractivity contribution >= 4 is 17.5 Å². The van der Waals surface area contributed by atoms with Gasteiger partial charge in [-0.15, -0.1) is 0 Å². The van der Waals surface area contributed by atoms with E-state index in [4.69, 9.17) is 16.3 Å². The molecule has 0 aliphatic carbocycles. The first kappa shape index (κ1) is 15.3. The number of nitrogens with one attached hydrogen (secondary N) is 1. The number of ether oxygens (including phenoxy) is 1. The molecular weight excluding hydrogens is 314 g/mol. The molecule has 0 unspecified atom stereocenters. The number of hydrogen-bond donors (Lipinski definition) is 1. The number of halogens is 1. The van der Waals surface area contributed by atoms with E-state index < -0.39 is 0 Å². The molecule has 3 rings (SSSR count). The first-order chi connectivity index (χ1) is 11.2. The van der Waals surface area contributed by atoms with Crippen molar-refractivity contribution < 1.29 is 4.74 Å². The first-order valence-corrected chi connectivity index (χ1v) is 7.51. The van der Waals surface area contributed by atoms with Crippen molar-refractivity contribution in [1.29, 1.82) is 0 Å².